The Morgan fingerprint density at radius 2 is 2.31 bits per heavy atom. The molecule has 2 saturated heterocycles. The van der Waals surface area contributed by atoms with E-state index in [2.05, 4.69) is 16.8 Å². The number of morpholine rings is 1. The van der Waals surface area contributed by atoms with Crippen molar-refractivity contribution in [3.05, 3.63) is 0 Å². The highest BCUT2D eigenvalue weighted by molar-refractivity contribution is 4.93. The third-order valence-electron chi connectivity index (χ3n) is 3.06. The quantitative estimate of drug-likeness (QED) is 0.605. The van der Waals surface area contributed by atoms with E-state index in [1.165, 1.54) is 0 Å². The molecule has 0 aromatic heterocycles. The normalized spacial score (nSPS) is 36.5. The molecule has 0 unspecified atom stereocenters. The van der Waals surface area contributed by atoms with Gasteiger partial charge in [0.2, 0.25) is 0 Å². The van der Waals surface area contributed by atoms with Crippen LogP contribution < -0.4 is 0 Å². The van der Waals surface area contributed by atoms with E-state index in [0.717, 1.165) is 26.2 Å². The SMILES string of the molecule is CN1CCO[C@@H]2CN(CCF)C[C@@H]21. The van der Waals surface area contributed by atoms with E-state index in [4.69, 9.17) is 4.74 Å². The number of alkyl halides is 1. The van der Waals surface area contributed by atoms with E-state index in [0.29, 0.717) is 18.7 Å². The molecule has 76 valence electrons. The van der Waals surface area contributed by atoms with Crippen molar-refractivity contribution in [1.29, 1.82) is 0 Å². The standard InChI is InChI=1S/C9H17FN2O/c1-11-4-5-13-9-7-12(3-2-10)6-8(9)11/h8-9H,2-7H2,1H3/t8-,9+/m0/s1. The van der Waals surface area contributed by atoms with E-state index in [1.807, 2.05) is 0 Å². The molecule has 0 radical (unpaired) electrons. The van der Waals surface area contributed by atoms with Crippen molar-refractivity contribution in [2.24, 2.45) is 0 Å². The Morgan fingerprint density at radius 3 is 3.00 bits per heavy atom. The summed E-state index contributed by atoms with van der Waals surface area (Å²) in [5, 5.41) is 0. The predicted molar refractivity (Wildman–Crippen MR) is 48.6 cm³/mol. The van der Waals surface area contributed by atoms with Crippen LogP contribution >= 0.6 is 0 Å². The molecule has 4 heteroatoms. The minimum absolute atomic E-state index is 0.247. The van der Waals surface area contributed by atoms with Crippen LogP contribution in [0.1, 0.15) is 0 Å². The van der Waals surface area contributed by atoms with Gasteiger partial charge in [0.1, 0.15) is 6.67 Å². The zero-order chi connectivity index (χ0) is 9.26. The first-order chi connectivity index (χ1) is 6.31. The molecular formula is C9H17FN2O. The van der Waals surface area contributed by atoms with Crippen molar-refractivity contribution in [1.82, 2.24) is 9.80 Å². The number of halogens is 1. The number of hydrogen-bond donors (Lipinski definition) is 0. The molecule has 2 heterocycles. The number of likely N-dealkylation sites (tertiary alicyclic amines) is 1. The molecule has 0 N–H and O–H groups in total. The largest absolute Gasteiger partial charge is 0.374 e. The molecule has 0 aromatic rings. The van der Waals surface area contributed by atoms with E-state index < -0.39 is 0 Å². The summed E-state index contributed by atoms with van der Waals surface area (Å²) in [7, 11) is 2.12. The molecule has 0 saturated carbocycles. The van der Waals surface area contributed by atoms with Gasteiger partial charge in [-0.15, -0.1) is 0 Å². The van der Waals surface area contributed by atoms with Crippen molar-refractivity contribution in [2.45, 2.75) is 12.1 Å². The van der Waals surface area contributed by atoms with Crippen LogP contribution in [0.2, 0.25) is 0 Å². The third-order valence-corrected chi connectivity index (χ3v) is 3.06. The minimum Gasteiger partial charge on any atom is -0.374 e. The molecule has 13 heavy (non-hydrogen) atoms. The van der Waals surface area contributed by atoms with Gasteiger partial charge in [-0.2, -0.15) is 0 Å². The predicted octanol–water partition coefficient (Wildman–Crippen LogP) is -0.0293. The molecule has 0 aliphatic carbocycles. The summed E-state index contributed by atoms with van der Waals surface area (Å²) in [6, 6.07) is 0.486. The average molecular weight is 188 g/mol. The molecule has 0 aromatic carbocycles. The first kappa shape index (κ1) is 9.37. The summed E-state index contributed by atoms with van der Waals surface area (Å²) < 4.78 is 17.8. The van der Waals surface area contributed by atoms with Gasteiger partial charge in [-0.3, -0.25) is 9.80 Å². The molecule has 2 aliphatic rings. The second-order valence-electron chi connectivity index (χ2n) is 3.91. The fourth-order valence-electron chi connectivity index (χ4n) is 2.24. The molecule has 0 amide bonds. The lowest BCUT2D eigenvalue weighted by Crippen LogP contribution is -2.48. The highest BCUT2D eigenvalue weighted by atomic mass is 19.1. The number of hydrogen-bond acceptors (Lipinski definition) is 3. The van der Waals surface area contributed by atoms with Gasteiger partial charge < -0.3 is 4.74 Å². The zero-order valence-electron chi connectivity index (χ0n) is 8.08. The Labute approximate surface area is 78.4 Å². The molecule has 2 atom stereocenters. The molecule has 2 fully saturated rings. The summed E-state index contributed by atoms with van der Waals surface area (Å²) in [4.78, 5) is 4.48. The Hall–Kier alpha value is -0.190. The molecular weight excluding hydrogens is 171 g/mol. The number of likely N-dealkylation sites (N-methyl/N-ethyl adjacent to an activating group) is 1. The fraction of sp³-hybridized carbons (Fsp3) is 1.00. The minimum atomic E-state index is -0.247. The van der Waals surface area contributed by atoms with Crippen LogP contribution in [0.25, 0.3) is 0 Å². The summed E-state index contributed by atoms with van der Waals surface area (Å²) in [6.07, 6.45) is 0.310. The molecule has 0 bridgehead atoms. The van der Waals surface area contributed by atoms with E-state index in [9.17, 15) is 4.39 Å². The summed E-state index contributed by atoms with van der Waals surface area (Å²) in [5.74, 6) is 0. The van der Waals surface area contributed by atoms with Crippen molar-refractivity contribution < 1.29 is 9.13 Å². The van der Waals surface area contributed by atoms with Gasteiger partial charge in [0.25, 0.3) is 0 Å². The maximum Gasteiger partial charge on any atom is 0.102 e. The van der Waals surface area contributed by atoms with Gasteiger partial charge in [-0.05, 0) is 7.05 Å². The van der Waals surface area contributed by atoms with Gasteiger partial charge in [0, 0.05) is 32.2 Å². The van der Waals surface area contributed by atoms with Gasteiger partial charge in [-0.1, -0.05) is 0 Å². The van der Waals surface area contributed by atoms with Gasteiger partial charge in [-0.25, -0.2) is 4.39 Å². The van der Waals surface area contributed by atoms with E-state index in [1.54, 1.807) is 0 Å². The fourth-order valence-corrected chi connectivity index (χ4v) is 2.24. The first-order valence-electron chi connectivity index (χ1n) is 4.91. The smallest absolute Gasteiger partial charge is 0.102 e. The Morgan fingerprint density at radius 1 is 1.46 bits per heavy atom. The summed E-state index contributed by atoms with van der Waals surface area (Å²) >= 11 is 0. The van der Waals surface area contributed by atoms with E-state index >= 15 is 0 Å². The van der Waals surface area contributed by atoms with Crippen molar-refractivity contribution in [3.8, 4) is 0 Å². The number of rotatable bonds is 2. The third kappa shape index (κ3) is 1.85. The second kappa shape index (κ2) is 3.90. The van der Waals surface area contributed by atoms with Crippen molar-refractivity contribution in [2.75, 3.05) is 46.5 Å². The lowest BCUT2D eigenvalue weighted by molar-refractivity contribution is -0.0369. The van der Waals surface area contributed by atoms with Gasteiger partial charge in [0.05, 0.1) is 12.7 Å². The van der Waals surface area contributed by atoms with Crippen LogP contribution in [0, 0.1) is 0 Å². The van der Waals surface area contributed by atoms with Gasteiger partial charge in [0.15, 0.2) is 0 Å². The number of ether oxygens (including phenoxy) is 1. The van der Waals surface area contributed by atoms with Crippen LogP contribution in [-0.4, -0.2) is 68.5 Å². The van der Waals surface area contributed by atoms with Crippen LogP contribution in [0.5, 0.6) is 0 Å². The van der Waals surface area contributed by atoms with Crippen LogP contribution in [0.3, 0.4) is 0 Å². The maximum atomic E-state index is 12.1. The maximum absolute atomic E-state index is 12.1. The topological polar surface area (TPSA) is 15.7 Å². The molecule has 3 nitrogen and oxygen atoms in total. The highest BCUT2D eigenvalue weighted by Gasteiger charge is 2.37. The Bertz CT molecular complexity index is 179. The molecule has 2 rings (SSSR count). The zero-order valence-corrected chi connectivity index (χ0v) is 8.08. The monoisotopic (exact) mass is 188 g/mol. The second-order valence-corrected chi connectivity index (χ2v) is 3.91. The van der Waals surface area contributed by atoms with Crippen molar-refractivity contribution >= 4 is 0 Å². The van der Waals surface area contributed by atoms with Crippen LogP contribution in [-0.2, 0) is 4.74 Å². The molecule has 0 spiro atoms. The van der Waals surface area contributed by atoms with E-state index in [-0.39, 0.29) is 6.67 Å². The van der Waals surface area contributed by atoms with Crippen molar-refractivity contribution in [3.63, 3.8) is 0 Å². The van der Waals surface area contributed by atoms with Gasteiger partial charge >= 0.3 is 0 Å². The Kier molecular flexibility index (Phi) is 2.81. The van der Waals surface area contributed by atoms with Crippen LogP contribution in [0.4, 0.5) is 4.39 Å². The van der Waals surface area contributed by atoms with Crippen LogP contribution in [0.15, 0.2) is 0 Å². The molecule has 2 aliphatic heterocycles. The number of fused-ring (bicyclic) bond motifs is 1. The summed E-state index contributed by atoms with van der Waals surface area (Å²) in [6.45, 7) is 4.00. The average Bonchev–Trinajstić information content (AvgIpc) is 2.49. The lowest BCUT2D eigenvalue weighted by atomic mass is 10.1. The number of nitrogens with zero attached hydrogens (tertiary/aromatic N) is 2. The lowest BCUT2D eigenvalue weighted by Gasteiger charge is -2.33. The summed E-state index contributed by atoms with van der Waals surface area (Å²) in [5.41, 5.74) is 0. The Balaban J connectivity index is 1.92. The first-order valence-corrected chi connectivity index (χ1v) is 4.91. The highest BCUT2D eigenvalue weighted by Crippen LogP contribution is 2.20.